The first kappa shape index (κ1) is 18.6. The van der Waals surface area contributed by atoms with Gasteiger partial charge in [-0.2, -0.15) is 0 Å². The van der Waals surface area contributed by atoms with Crippen molar-refractivity contribution in [3.05, 3.63) is 57.8 Å². The van der Waals surface area contributed by atoms with Crippen LogP contribution in [0.4, 0.5) is 0 Å². The Morgan fingerprint density at radius 3 is 2.32 bits per heavy atom. The van der Waals surface area contributed by atoms with Gasteiger partial charge in [0.2, 0.25) is 0 Å². The maximum atomic E-state index is 10.7. The first-order valence-corrected chi connectivity index (χ1v) is 10.5. The second-order valence-electron chi connectivity index (χ2n) is 7.80. The van der Waals surface area contributed by atoms with Gasteiger partial charge < -0.3 is 10.4 Å². The predicted molar refractivity (Wildman–Crippen MR) is 107 cm³/mol. The van der Waals surface area contributed by atoms with E-state index in [-0.39, 0.29) is 6.04 Å². The number of rotatable bonds is 6. The molecule has 2 unspecified atom stereocenters. The highest BCUT2D eigenvalue weighted by Crippen LogP contribution is 2.34. The SMILES string of the molecule is CC(C)c1csc(C(O)C(C)NC2CCC(c3ccccc3)CC2)c1. The summed E-state index contributed by atoms with van der Waals surface area (Å²) >= 11 is 1.68. The molecule has 0 spiro atoms. The molecule has 2 aromatic rings. The van der Waals surface area contributed by atoms with Crippen LogP contribution in [0.1, 0.15) is 80.4 Å². The Hall–Kier alpha value is -1.16. The van der Waals surface area contributed by atoms with Gasteiger partial charge in [-0.15, -0.1) is 11.3 Å². The van der Waals surface area contributed by atoms with Crippen LogP contribution in [0.15, 0.2) is 41.8 Å². The van der Waals surface area contributed by atoms with E-state index in [9.17, 15) is 5.11 Å². The summed E-state index contributed by atoms with van der Waals surface area (Å²) in [6.07, 6.45) is 4.45. The van der Waals surface area contributed by atoms with Gasteiger partial charge in [0.15, 0.2) is 0 Å². The minimum Gasteiger partial charge on any atom is -0.386 e. The fraction of sp³-hybridized carbons (Fsp3) is 0.545. The monoisotopic (exact) mass is 357 g/mol. The van der Waals surface area contributed by atoms with Crippen molar-refractivity contribution in [2.75, 3.05) is 0 Å². The number of hydrogen-bond donors (Lipinski definition) is 2. The fourth-order valence-corrected chi connectivity index (χ4v) is 5.01. The molecule has 1 fully saturated rings. The van der Waals surface area contributed by atoms with Gasteiger partial charge >= 0.3 is 0 Å². The van der Waals surface area contributed by atoms with Gasteiger partial charge in [0.25, 0.3) is 0 Å². The van der Waals surface area contributed by atoms with E-state index in [2.05, 4.69) is 67.9 Å². The average Bonchev–Trinajstić information content (AvgIpc) is 3.13. The normalized spacial score (nSPS) is 23.6. The zero-order valence-corrected chi connectivity index (χ0v) is 16.4. The maximum absolute atomic E-state index is 10.7. The van der Waals surface area contributed by atoms with E-state index in [4.69, 9.17) is 0 Å². The van der Waals surface area contributed by atoms with Crippen molar-refractivity contribution < 1.29 is 5.11 Å². The van der Waals surface area contributed by atoms with Crippen LogP contribution in [-0.4, -0.2) is 17.2 Å². The molecule has 1 aromatic heterocycles. The molecule has 2 nitrogen and oxygen atoms in total. The van der Waals surface area contributed by atoms with Crippen molar-refractivity contribution in [3.8, 4) is 0 Å². The Morgan fingerprint density at radius 1 is 1.04 bits per heavy atom. The molecule has 1 aromatic carbocycles. The lowest BCUT2D eigenvalue weighted by Gasteiger charge is -2.32. The van der Waals surface area contributed by atoms with Gasteiger partial charge in [-0.05, 0) is 67.0 Å². The van der Waals surface area contributed by atoms with E-state index >= 15 is 0 Å². The summed E-state index contributed by atoms with van der Waals surface area (Å²) in [5, 5.41) is 16.6. The molecule has 0 amide bonds. The lowest BCUT2D eigenvalue weighted by atomic mass is 9.81. The summed E-state index contributed by atoms with van der Waals surface area (Å²) in [6, 6.07) is 13.7. The molecule has 0 radical (unpaired) electrons. The Balaban J connectivity index is 1.51. The first-order valence-electron chi connectivity index (χ1n) is 9.62. The van der Waals surface area contributed by atoms with Crippen molar-refractivity contribution >= 4 is 11.3 Å². The van der Waals surface area contributed by atoms with Crippen molar-refractivity contribution in [2.24, 2.45) is 0 Å². The van der Waals surface area contributed by atoms with Crippen LogP contribution in [0, 0.1) is 0 Å². The van der Waals surface area contributed by atoms with Gasteiger partial charge in [-0.3, -0.25) is 0 Å². The molecular formula is C22H31NOS. The van der Waals surface area contributed by atoms with Crippen molar-refractivity contribution in [1.29, 1.82) is 0 Å². The molecule has 0 bridgehead atoms. The maximum Gasteiger partial charge on any atom is 0.103 e. The van der Waals surface area contributed by atoms with Crippen molar-refractivity contribution in [2.45, 2.75) is 76.5 Å². The van der Waals surface area contributed by atoms with E-state index in [1.54, 1.807) is 11.3 Å². The van der Waals surface area contributed by atoms with Crippen LogP contribution in [0.2, 0.25) is 0 Å². The van der Waals surface area contributed by atoms with Crippen molar-refractivity contribution in [3.63, 3.8) is 0 Å². The third-order valence-corrected chi connectivity index (χ3v) is 6.59. The molecule has 1 saturated carbocycles. The lowest BCUT2D eigenvalue weighted by Crippen LogP contribution is -2.41. The summed E-state index contributed by atoms with van der Waals surface area (Å²) in [6.45, 7) is 6.51. The zero-order chi connectivity index (χ0) is 17.8. The average molecular weight is 358 g/mol. The molecule has 25 heavy (non-hydrogen) atoms. The molecule has 3 heteroatoms. The van der Waals surface area contributed by atoms with E-state index in [1.807, 2.05) is 0 Å². The Labute approximate surface area is 156 Å². The van der Waals surface area contributed by atoms with E-state index in [1.165, 1.54) is 36.8 Å². The summed E-state index contributed by atoms with van der Waals surface area (Å²) in [7, 11) is 0. The smallest absolute Gasteiger partial charge is 0.103 e. The molecule has 3 rings (SSSR count). The van der Waals surface area contributed by atoms with Crippen LogP contribution in [0.25, 0.3) is 0 Å². The lowest BCUT2D eigenvalue weighted by molar-refractivity contribution is 0.127. The minimum absolute atomic E-state index is 0.0944. The number of thiophene rings is 1. The highest BCUT2D eigenvalue weighted by atomic mass is 32.1. The molecule has 1 heterocycles. The number of benzene rings is 1. The summed E-state index contributed by atoms with van der Waals surface area (Å²) in [4.78, 5) is 1.08. The second kappa shape index (κ2) is 8.48. The fourth-order valence-electron chi connectivity index (χ4n) is 3.85. The number of aliphatic hydroxyl groups is 1. The number of nitrogens with one attached hydrogen (secondary N) is 1. The standard InChI is InChI=1S/C22H31NOS/c1-15(2)19-13-21(25-14-19)22(24)16(3)23-20-11-9-18(10-12-20)17-7-5-4-6-8-17/h4-8,13-16,18,20,22-24H,9-12H2,1-3H3. The Kier molecular flexibility index (Phi) is 6.32. The third-order valence-electron chi connectivity index (χ3n) is 5.57. The van der Waals surface area contributed by atoms with Gasteiger partial charge in [-0.1, -0.05) is 44.2 Å². The second-order valence-corrected chi connectivity index (χ2v) is 8.74. The van der Waals surface area contributed by atoms with Crippen LogP contribution in [-0.2, 0) is 0 Å². The molecule has 0 saturated heterocycles. The topological polar surface area (TPSA) is 32.3 Å². The van der Waals surface area contributed by atoms with Gasteiger partial charge in [0, 0.05) is 17.0 Å². The van der Waals surface area contributed by atoms with Crippen LogP contribution >= 0.6 is 11.3 Å². The summed E-state index contributed by atoms with van der Waals surface area (Å²) in [5.74, 6) is 1.22. The third kappa shape index (κ3) is 4.72. The summed E-state index contributed by atoms with van der Waals surface area (Å²) < 4.78 is 0. The number of hydrogen-bond acceptors (Lipinski definition) is 3. The van der Waals surface area contributed by atoms with Crippen LogP contribution in [0.3, 0.4) is 0 Å². The number of aliphatic hydroxyl groups excluding tert-OH is 1. The molecule has 136 valence electrons. The molecule has 2 atom stereocenters. The molecule has 1 aliphatic rings. The highest BCUT2D eigenvalue weighted by Gasteiger charge is 2.26. The Morgan fingerprint density at radius 2 is 1.72 bits per heavy atom. The zero-order valence-electron chi connectivity index (χ0n) is 15.6. The molecule has 2 N–H and O–H groups in total. The first-order chi connectivity index (χ1) is 12.0. The molecule has 0 aliphatic heterocycles. The van der Waals surface area contributed by atoms with Crippen molar-refractivity contribution in [1.82, 2.24) is 5.32 Å². The highest BCUT2D eigenvalue weighted by molar-refractivity contribution is 7.10. The van der Waals surface area contributed by atoms with Crippen LogP contribution in [0.5, 0.6) is 0 Å². The van der Waals surface area contributed by atoms with Gasteiger partial charge in [-0.25, -0.2) is 0 Å². The minimum atomic E-state index is -0.413. The van der Waals surface area contributed by atoms with E-state index in [0.29, 0.717) is 17.9 Å². The Bertz CT molecular complexity index is 643. The van der Waals surface area contributed by atoms with E-state index < -0.39 is 6.10 Å². The molecule has 1 aliphatic carbocycles. The van der Waals surface area contributed by atoms with E-state index in [0.717, 1.165) is 4.88 Å². The predicted octanol–water partition coefficient (Wildman–Crippen LogP) is 5.61. The van der Waals surface area contributed by atoms with Gasteiger partial charge in [0.05, 0.1) is 0 Å². The van der Waals surface area contributed by atoms with Gasteiger partial charge in [0.1, 0.15) is 6.10 Å². The molecular weight excluding hydrogens is 326 g/mol. The largest absolute Gasteiger partial charge is 0.386 e. The summed E-state index contributed by atoms with van der Waals surface area (Å²) in [5.41, 5.74) is 2.81. The quantitative estimate of drug-likeness (QED) is 0.704. The van der Waals surface area contributed by atoms with Crippen LogP contribution < -0.4 is 5.32 Å².